The van der Waals surface area contributed by atoms with Gasteiger partial charge in [0.15, 0.2) is 0 Å². The number of hydrogen-bond acceptors (Lipinski definition) is 3. The number of alkyl halides is 3. The van der Waals surface area contributed by atoms with Crippen LogP contribution in [-0.4, -0.2) is 19.2 Å². The molecule has 1 aromatic carbocycles. The Morgan fingerprint density at radius 1 is 1.47 bits per heavy atom. The molecule has 0 saturated heterocycles. The Kier molecular flexibility index (Phi) is 3.58. The summed E-state index contributed by atoms with van der Waals surface area (Å²) in [6, 6.07) is 5.40. The van der Waals surface area contributed by atoms with Crippen LogP contribution in [0.5, 0.6) is 5.75 Å². The lowest BCUT2D eigenvalue weighted by molar-refractivity contribution is -0.167. The topological polar surface area (TPSA) is 62.1 Å². The molecular formula is C10H7F3N2O2. The van der Waals surface area contributed by atoms with E-state index in [1.54, 1.807) is 11.4 Å². The van der Waals surface area contributed by atoms with Gasteiger partial charge in [-0.1, -0.05) is 0 Å². The maximum Gasteiger partial charge on any atom is 0.471 e. The second-order valence-corrected chi connectivity index (χ2v) is 2.98. The fraction of sp³-hybridized carbons (Fsp3) is 0.200. The fourth-order valence-electron chi connectivity index (χ4n) is 1.05. The number of nitrogens with zero attached hydrogens (tertiary/aromatic N) is 1. The standard InChI is InChI=1S/C10H7F3N2O2/c1-17-7-2-3-8(6(4-7)5-14)15-9(16)10(11,12)13/h2-4H,1H3,(H,15,16). The molecule has 0 heterocycles. The van der Waals surface area contributed by atoms with Crippen LogP contribution in [0, 0.1) is 11.3 Å². The van der Waals surface area contributed by atoms with Crippen LogP contribution in [0.1, 0.15) is 5.56 Å². The molecule has 0 aliphatic carbocycles. The summed E-state index contributed by atoms with van der Waals surface area (Å²) in [5.74, 6) is -1.81. The van der Waals surface area contributed by atoms with Crippen LogP contribution in [0.2, 0.25) is 0 Å². The maximum atomic E-state index is 12.0. The van der Waals surface area contributed by atoms with Crippen LogP contribution in [0.3, 0.4) is 0 Å². The second-order valence-electron chi connectivity index (χ2n) is 2.98. The van der Waals surface area contributed by atoms with E-state index in [1.165, 1.54) is 25.3 Å². The number of ether oxygens (including phenoxy) is 1. The molecule has 7 heteroatoms. The van der Waals surface area contributed by atoms with Gasteiger partial charge >= 0.3 is 12.1 Å². The van der Waals surface area contributed by atoms with Crippen molar-refractivity contribution in [1.29, 1.82) is 5.26 Å². The molecule has 1 rings (SSSR count). The molecule has 1 amide bonds. The van der Waals surface area contributed by atoms with Crippen molar-refractivity contribution in [2.24, 2.45) is 0 Å². The van der Waals surface area contributed by atoms with Gasteiger partial charge in [0.2, 0.25) is 0 Å². The smallest absolute Gasteiger partial charge is 0.471 e. The Morgan fingerprint density at radius 2 is 2.12 bits per heavy atom. The fourth-order valence-corrected chi connectivity index (χ4v) is 1.05. The Balaban J connectivity index is 3.01. The number of carbonyl (C=O) groups excluding carboxylic acids is 1. The molecule has 4 nitrogen and oxygen atoms in total. The minimum Gasteiger partial charge on any atom is -0.497 e. The molecule has 0 aliphatic rings. The van der Waals surface area contributed by atoms with Gasteiger partial charge in [0, 0.05) is 0 Å². The number of amides is 1. The average molecular weight is 244 g/mol. The zero-order valence-corrected chi connectivity index (χ0v) is 8.63. The lowest BCUT2D eigenvalue weighted by atomic mass is 10.2. The average Bonchev–Trinajstić information content (AvgIpc) is 2.28. The van der Waals surface area contributed by atoms with E-state index in [0.717, 1.165) is 0 Å². The molecule has 0 spiro atoms. The van der Waals surface area contributed by atoms with Gasteiger partial charge in [-0.05, 0) is 18.2 Å². The highest BCUT2D eigenvalue weighted by molar-refractivity contribution is 5.96. The molecule has 0 atom stereocenters. The highest BCUT2D eigenvalue weighted by Gasteiger charge is 2.38. The molecule has 0 radical (unpaired) electrons. The molecular weight excluding hydrogens is 237 g/mol. The zero-order chi connectivity index (χ0) is 13.1. The third-order valence-electron chi connectivity index (χ3n) is 1.85. The summed E-state index contributed by atoms with van der Waals surface area (Å²) in [5, 5.41) is 10.3. The molecule has 0 aromatic heterocycles. The molecule has 0 fully saturated rings. The van der Waals surface area contributed by atoms with Gasteiger partial charge < -0.3 is 10.1 Å². The summed E-state index contributed by atoms with van der Waals surface area (Å²) in [5.41, 5.74) is -0.322. The minimum absolute atomic E-state index is 0.109. The largest absolute Gasteiger partial charge is 0.497 e. The van der Waals surface area contributed by atoms with Crippen molar-refractivity contribution in [2.75, 3.05) is 12.4 Å². The summed E-state index contributed by atoms with van der Waals surface area (Å²) >= 11 is 0. The van der Waals surface area contributed by atoms with E-state index in [0.29, 0.717) is 5.75 Å². The van der Waals surface area contributed by atoms with Crippen LogP contribution in [-0.2, 0) is 4.79 Å². The number of methoxy groups -OCH3 is 1. The Hall–Kier alpha value is -2.23. The Labute approximate surface area is 94.6 Å². The molecule has 1 aromatic rings. The molecule has 1 N–H and O–H groups in total. The van der Waals surface area contributed by atoms with E-state index in [9.17, 15) is 18.0 Å². The lowest BCUT2D eigenvalue weighted by Crippen LogP contribution is -2.30. The van der Waals surface area contributed by atoms with Gasteiger partial charge in [0.25, 0.3) is 0 Å². The van der Waals surface area contributed by atoms with Crippen LogP contribution >= 0.6 is 0 Å². The summed E-state index contributed by atoms with van der Waals surface area (Å²) in [4.78, 5) is 10.7. The van der Waals surface area contributed by atoms with Crippen molar-refractivity contribution in [3.63, 3.8) is 0 Å². The first kappa shape index (κ1) is 12.8. The SMILES string of the molecule is COc1ccc(NC(=O)C(F)(F)F)c(C#N)c1. The van der Waals surface area contributed by atoms with Gasteiger partial charge in [-0.2, -0.15) is 18.4 Å². The lowest BCUT2D eigenvalue weighted by Gasteiger charge is -2.10. The number of rotatable bonds is 2. The Bertz CT molecular complexity index is 477. The van der Waals surface area contributed by atoms with Crippen molar-refractivity contribution in [2.45, 2.75) is 6.18 Å². The van der Waals surface area contributed by atoms with E-state index in [1.807, 2.05) is 0 Å². The van der Waals surface area contributed by atoms with Crippen molar-refractivity contribution < 1.29 is 22.7 Å². The number of anilines is 1. The summed E-state index contributed by atoms with van der Waals surface area (Å²) in [6.07, 6.45) is -4.99. The number of benzene rings is 1. The van der Waals surface area contributed by atoms with Crippen molar-refractivity contribution in [1.82, 2.24) is 0 Å². The van der Waals surface area contributed by atoms with Crippen LogP contribution in [0.15, 0.2) is 18.2 Å². The van der Waals surface area contributed by atoms with E-state index in [4.69, 9.17) is 10.00 Å². The molecule has 0 unspecified atom stereocenters. The number of halogens is 3. The predicted molar refractivity (Wildman–Crippen MR) is 52.4 cm³/mol. The molecule has 90 valence electrons. The first-order chi connectivity index (χ1) is 7.88. The quantitative estimate of drug-likeness (QED) is 0.866. The van der Waals surface area contributed by atoms with Crippen molar-refractivity contribution in [3.8, 4) is 11.8 Å². The highest BCUT2D eigenvalue weighted by atomic mass is 19.4. The third kappa shape index (κ3) is 3.11. The van der Waals surface area contributed by atoms with E-state index < -0.39 is 12.1 Å². The number of nitrogens with one attached hydrogen (secondary N) is 1. The van der Waals surface area contributed by atoms with Gasteiger partial charge in [-0.3, -0.25) is 4.79 Å². The molecule has 17 heavy (non-hydrogen) atoms. The van der Waals surface area contributed by atoms with Gasteiger partial charge in [0.1, 0.15) is 11.8 Å². The van der Waals surface area contributed by atoms with Crippen molar-refractivity contribution >= 4 is 11.6 Å². The highest BCUT2D eigenvalue weighted by Crippen LogP contribution is 2.24. The summed E-state index contributed by atoms with van der Waals surface area (Å²) < 4.78 is 40.8. The van der Waals surface area contributed by atoms with Gasteiger partial charge in [-0.25, -0.2) is 0 Å². The first-order valence-corrected chi connectivity index (χ1v) is 4.35. The van der Waals surface area contributed by atoms with Crippen LogP contribution in [0.4, 0.5) is 18.9 Å². The number of hydrogen-bond donors (Lipinski definition) is 1. The number of nitriles is 1. The van der Waals surface area contributed by atoms with Crippen LogP contribution in [0.25, 0.3) is 0 Å². The van der Waals surface area contributed by atoms with Gasteiger partial charge in [0.05, 0.1) is 18.4 Å². The zero-order valence-electron chi connectivity index (χ0n) is 8.63. The first-order valence-electron chi connectivity index (χ1n) is 4.35. The predicted octanol–water partition coefficient (Wildman–Crippen LogP) is 2.07. The normalized spacial score (nSPS) is 10.5. The van der Waals surface area contributed by atoms with E-state index >= 15 is 0 Å². The monoisotopic (exact) mass is 244 g/mol. The van der Waals surface area contributed by atoms with Gasteiger partial charge in [-0.15, -0.1) is 0 Å². The minimum atomic E-state index is -4.99. The Morgan fingerprint density at radius 3 is 2.59 bits per heavy atom. The number of carbonyl (C=O) groups is 1. The molecule has 0 bridgehead atoms. The third-order valence-corrected chi connectivity index (χ3v) is 1.85. The van der Waals surface area contributed by atoms with Crippen molar-refractivity contribution in [3.05, 3.63) is 23.8 Å². The van der Waals surface area contributed by atoms with Crippen LogP contribution < -0.4 is 10.1 Å². The second kappa shape index (κ2) is 4.74. The summed E-state index contributed by atoms with van der Waals surface area (Å²) in [6.45, 7) is 0. The summed E-state index contributed by atoms with van der Waals surface area (Å²) in [7, 11) is 1.35. The molecule has 0 aliphatic heterocycles. The maximum absolute atomic E-state index is 12.0. The van der Waals surface area contributed by atoms with E-state index in [2.05, 4.69) is 0 Å². The van der Waals surface area contributed by atoms with E-state index in [-0.39, 0.29) is 11.3 Å². The molecule has 0 saturated carbocycles.